The minimum absolute atomic E-state index is 0.103. The third kappa shape index (κ3) is 4.82. The van der Waals surface area contributed by atoms with Crippen LogP contribution in [0, 0.1) is 5.92 Å². The van der Waals surface area contributed by atoms with Gasteiger partial charge in [0.1, 0.15) is 23.7 Å². The molecule has 0 spiro atoms. The van der Waals surface area contributed by atoms with Gasteiger partial charge in [-0.1, -0.05) is 25.5 Å². The maximum Gasteiger partial charge on any atom is 0.277 e. The van der Waals surface area contributed by atoms with Crippen molar-refractivity contribution in [3.8, 4) is 17.1 Å². The Morgan fingerprint density at radius 1 is 1.32 bits per heavy atom. The fraction of sp³-hybridized carbons (Fsp3) is 0.462. The fourth-order valence-electron chi connectivity index (χ4n) is 4.70. The van der Waals surface area contributed by atoms with E-state index in [2.05, 4.69) is 23.1 Å². The Bertz CT molecular complexity index is 1290. The SMILES string of the molecule is CCCc1nn(C)c2c(=O)[nH]c(-c3cc(C4=CCC(CC(=O)CO)CC4)ccc3OCC)nc12. The van der Waals surface area contributed by atoms with Gasteiger partial charge in [-0.3, -0.25) is 14.3 Å². The lowest BCUT2D eigenvalue weighted by Crippen LogP contribution is -2.14. The van der Waals surface area contributed by atoms with Crippen molar-refractivity contribution in [2.75, 3.05) is 13.2 Å². The summed E-state index contributed by atoms with van der Waals surface area (Å²) >= 11 is 0. The molecule has 0 radical (unpaired) electrons. The molecule has 180 valence electrons. The number of aliphatic hydroxyl groups is 1. The van der Waals surface area contributed by atoms with E-state index in [4.69, 9.17) is 14.8 Å². The average Bonchev–Trinajstić information content (AvgIpc) is 3.15. The molecule has 8 heteroatoms. The first-order chi connectivity index (χ1) is 16.4. The summed E-state index contributed by atoms with van der Waals surface area (Å²) in [5.41, 5.74) is 4.69. The van der Waals surface area contributed by atoms with E-state index in [1.54, 1.807) is 11.7 Å². The van der Waals surface area contributed by atoms with E-state index in [0.29, 0.717) is 35.6 Å². The van der Waals surface area contributed by atoms with Gasteiger partial charge in [0.25, 0.3) is 5.56 Å². The lowest BCUT2D eigenvalue weighted by molar-refractivity contribution is -0.122. The predicted octanol–water partition coefficient (Wildman–Crippen LogP) is 3.81. The van der Waals surface area contributed by atoms with E-state index in [-0.39, 0.29) is 23.9 Å². The van der Waals surface area contributed by atoms with E-state index >= 15 is 0 Å². The smallest absolute Gasteiger partial charge is 0.277 e. The number of ether oxygens (including phenoxy) is 1. The highest BCUT2D eigenvalue weighted by molar-refractivity contribution is 5.81. The summed E-state index contributed by atoms with van der Waals surface area (Å²) in [6.07, 6.45) is 6.82. The van der Waals surface area contributed by atoms with Crippen molar-refractivity contribution in [1.29, 1.82) is 0 Å². The Morgan fingerprint density at radius 2 is 2.15 bits per heavy atom. The first kappa shape index (κ1) is 23.9. The van der Waals surface area contributed by atoms with Crippen LogP contribution in [0.3, 0.4) is 0 Å². The maximum atomic E-state index is 13.0. The molecular formula is C26H32N4O4. The van der Waals surface area contributed by atoms with Crippen molar-refractivity contribution in [2.24, 2.45) is 13.0 Å². The summed E-state index contributed by atoms with van der Waals surface area (Å²) in [5.74, 6) is 1.30. The molecule has 0 saturated carbocycles. The minimum Gasteiger partial charge on any atom is -0.493 e. The van der Waals surface area contributed by atoms with Gasteiger partial charge in [0.05, 0.1) is 17.9 Å². The van der Waals surface area contributed by atoms with Crippen molar-refractivity contribution in [3.63, 3.8) is 0 Å². The van der Waals surface area contributed by atoms with Crippen molar-refractivity contribution in [1.82, 2.24) is 19.7 Å². The molecule has 0 amide bonds. The van der Waals surface area contributed by atoms with E-state index in [0.717, 1.165) is 48.9 Å². The summed E-state index contributed by atoms with van der Waals surface area (Å²) in [7, 11) is 1.77. The molecule has 2 N–H and O–H groups in total. The number of hydrogen-bond donors (Lipinski definition) is 2. The van der Waals surface area contributed by atoms with Gasteiger partial charge in [0.2, 0.25) is 0 Å². The van der Waals surface area contributed by atoms with E-state index < -0.39 is 0 Å². The van der Waals surface area contributed by atoms with Gasteiger partial charge in [0.15, 0.2) is 11.3 Å². The summed E-state index contributed by atoms with van der Waals surface area (Å²) < 4.78 is 7.48. The number of benzene rings is 1. The second-order valence-electron chi connectivity index (χ2n) is 8.85. The number of Topliss-reactive ketones (excluding diaryl/α,β-unsaturated/α-hetero) is 1. The molecule has 0 saturated heterocycles. The second kappa shape index (κ2) is 10.3. The van der Waals surface area contributed by atoms with Gasteiger partial charge < -0.3 is 14.8 Å². The van der Waals surface area contributed by atoms with Crippen LogP contribution in [0.4, 0.5) is 0 Å². The number of carbonyl (C=O) groups excluding carboxylic acids is 1. The number of allylic oxidation sites excluding steroid dienone is 2. The third-order valence-electron chi connectivity index (χ3n) is 6.37. The van der Waals surface area contributed by atoms with Crippen LogP contribution in [-0.4, -0.2) is 43.9 Å². The number of nitrogens with zero attached hydrogens (tertiary/aromatic N) is 3. The standard InChI is InChI=1S/C26H32N4O4/c1-4-6-21-23-24(30(3)29-21)26(33)28-25(27-23)20-14-18(11-12-22(20)34-5-2)17-9-7-16(8-10-17)13-19(32)15-31/h9,11-12,14,16,31H,4-8,10,13,15H2,1-3H3,(H,27,28,33). The molecule has 1 atom stereocenters. The van der Waals surface area contributed by atoms with Crippen LogP contribution in [0.1, 0.15) is 57.2 Å². The molecule has 4 rings (SSSR count). The van der Waals surface area contributed by atoms with Crippen LogP contribution in [0.15, 0.2) is 29.1 Å². The Hall–Kier alpha value is -3.26. The number of carbonyl (C=O) groups is 1. The van der Waals surface area contributed by atoms with E-state index in [1.165, 1.54) is 5.57 Å². The number of aryl methyl sites for hydroxylation is 2. The summed E-state index contributed by atoms with van der Waals surface area (Å²) in [5, 5.41) is 13.5. The van der Waals surface area contributed by atoms with Gasteiger partial charge in [0, 0.05) is 13.5 Å². The van der Waals surface area contributed by atoms with Crippen molar-refractivity contribution < 1.29 is 14.6 Å². The molecule has 1 unspecified atom stereocenters. The Balaban J connectivity index is 1.74. The van der Waals surface area contributed by atoms with Crippen molar-refractivity contribution in [2.45, 2.75) is 52.4 Å². The van der Waals surface area contributed by atoms with Crippen LogP contribution in [-0.2, 0) is 18.3 Å². The zero-order chi connectivity index (χ0) is 24.2. The number of ketones is 1. The molecule has 0 bridgehead atoms. The Labute approximate surface area is 198 Å². The van der Waals surface area contributed by atoms with Crippen LogP contribution in [0.25, 0.3) is 28.0 Å². The summed E-state index contributed by atoms with van der Waals surface area (Å²) in [6, 6.07) is 5.98. The van der Waals surface area contributed by atoms with Crippen molar-refractivity contribution >= 4 is 22.4 Å². The topological polar surface area (TPSA) is 110 Å². The number of hydrogen-bond acceptors (Lipinski definition) is 6. The number of fused-ring (bicyclic) bond motifs is 1. The minimum atomic E-state index is -0.387. The zero-order valence-corrected chi connectivity index (χ0v) is 20.1. The molecule has 3 aromatic rings. The number of nitrogens with one attached hydrogen (secondary N) is 1. The molecule has 8 nitrogen and oxygen atoms in total. The number of aliphatic hydroxyl groups excluding tert-OH is 1. The van der Waals surface area contributed by atoms with Gasteiger partial charge in [-0.25, -0.2) is 4.98 Å². The normalized spacial score (nSPS) is 16.0. The lowest BCUT2D eigenvalue weighted by Gasteiger charge is -2.22. The average molecular weight is 465 g/mol. The highest BCUT2D eigenvalue weighted by Crippen LogP contribution is 2.36. The Kier molecular flexibility index (Phi) is 7.26. The van der Waals surface area contributed by atoms with Crippen LogP contribution >= 0.6 is 0 Å². The number of rotatable bonds is 9. The largest absolute Gasteiger partial charge is 0.493 e. The highest BCUT2D eigenvalue weighted by Gasteiger charge is 2.21. The van der Waals surface area contributed by atoms with E-state index in [9.17, 15) is 9.59 Å². The van der Waals surface area contributed by atoms with Crippen LogP contribution in [0.5, 0.6) is 5.75 Å². The fourth-order valence-corrected chi connectivity index (χ4v) is 4.70. The van der Waals surface area contributed by atoms with Gasteiger partial charge in [-0.2, -0.15) is 5.10 Å². The quantitative estimate of drug-likeness (QED) is 0.498. The highest BCUT2D eigenvalue weighted by atomic mass is 16.5. The molecule has 1 aliphatic carbocycles. The van der Waals surface area contributed by atoms with Gasteiger partial charge in [-0.15, -0.1) is 0 Å². The van der Waals surface area contributed by atoms with Crippen molar-refractivity contribution in [3.05, 3.63) is 45.9 Å². The summed E-state index contributed by atoms with van der Waals surface area (Å²) in [6.45, 7) is 4.11. The molecular weight excluding hydrogens is 432 g/mol. The zero-order valence-electron chi connectivity index (χ0n) is 20.1. The number of H-pyrrole nitrogens is 1. The molecule has 34 heavy (non-hydrogen) atoms. The van der Waals surface area contributed by atoms with E-state index in [1.807, 2.05) is 25.1 Å². The predicted molar refractivity (Wildman–Crippen MR) is 132 cm³/mol. The van der Waals surface area contributed by atoms with Crippen LogP contribution in [0.2, 0.25) is 0 Å². The number of aromatic nitrogens is 4. The molecule has 1 aromatic carbocycles. The lowest BCUT2D eigenvalue weighted by atomic mass is 9.83. The monoisotopic (exact) mass is 464 g/mol. The first-order valence-corrected chi connectivity index (χ1v) is 12.0. The maximum absolute atomic E-state index is 13.0. The Morgan fingerprint density at radius 3 is 2.82 bits per heavy atom. The molecule has 0 fully saturated rings. The second-order valence-corrected chi connectivity index (χ2v) is 8.85. The first-order valence-electron chi connectivity index (χ1n) is 12.0. The third-order valence-corrected chi connectivity index (χ3v) is 6.37. The molecule has 2 aromatic heterocycles. The summed E-state index contributed by atoms with van der Waals surface area (Å²) in [4.78, 5) is 32.3. The van der Waals surface area contributed by atoms with Gasteiger partial charge >= 0.3 is 0 Å². The van der Waals surface area contributed by atoms with Crippen LogP contribution < -0.4 is 10.3 Å². The molecule has 1 aliphatic rings. The molecule has 2 heterocycles. The number of aromatic amines is 1. The van der Waals surface area contributed by atoms with Gasteiger partial charge in [-0.05, 0) is 61.8 Å². The molecule has 0 aliphatic heterocycles.